The van der Waals surface area contributed by atoms with Crippen molar-refractivity contribution < 1.29 is 52.7 Å². The number of carbonyl (C=O) groups excluding carboxylic acids is 2. The first-order valence-electron chi connectivity index (χ1n) is 10.7. The fourth-order valence-electron chi connectivity index (χ4n) is 3.67. The molecule has 196 valence electrons. The van der Waals surface area contributed by atoms with E-state index in [0.29, 0.717) is 0 Å². The molecule has 3 rings (SSSR count). The molecule has 10 nitrogen and oxygen atoms in total. The maximum absolute atomic E-state index is 14.0. The summed E-state index contributed by atoms with van der Waals surface area (Å²) in [6.45, 7) is -0.786. The average molecular weight is 514 g/mol. The summed E-state index contributed by atoms with van der Waals surface area (Å²) in [6, 6.07) is 6.85. The molecule has 2 aromatic rings. The smallest absolute Gasteiger partial charge is 0.419 e. The SMILES string of the molecule is CNC(=O)c1cc(C(=O)NC)cc(-c2ccc(OC3O[C@@H](CO)[C@@H](O)[C@H](O)[C@H]3O)c(C(F)(F)F)c2)c1. The third-order valence-corrected chi connectivity index (χ3v) is 5.62. The molecule has 1 aliphatic rings. The van der Waals surface area contributed by atoms with E-state index in [-0.39, 0.29) is 22.3 Å². The number of rotatable bonds is 6. The number of aliphatic hydroxyl groups excluding tert-OH is 4. The van der Waals surface area contributed by atoms with Crippen molar-refractivity contribution in [2.24, 2.45) is 0 Å². The zero-order chi connectivity index (χ0) is 26.8. The van der Waals surface area contributed by atoms with Crippen molar-refractivity contribution >= 4 is 11.8 Å². The van der Waals surface area contributed by atoms with Crippen LogP contribution in [0.25, 0.3) is 11.1 Å². The summed E-state index contributed by atoms with van der Waals surface area (Å²) in [5, 5.41) is 43.9. The number of amides is 2. The number of ether oxygens (including phenoxy) is 2. The standard InChI is InChI=1S/C23H25F3N2O8/c1-27-20(33)12-5-11(6-13(7-12)21(34)28-2)10-3-4-15(14(8-10)23(24,25)26)35-22-19(32)18(31)17(30)16(9-29)36-22/h3-8,16-19,22,29-32H,9H2,1-2H3,(H,27,33)(H,28,34)/t16-,17+,18-,19+,22?/m0/s1. The first kappa shape index (κ1) is 27.4. The van der Waals surface area contributed by atoms with Crippen LogP contribution >= 0.6 is 0 Å². The summed E-state index contributed by atoms with van der Waals surface area (Å²) in [5.41, 5.74) is -1.05. The van der Waals surface area contributed by atoms with Crippen LogP contribution in [0.5, 0.6) is 5.75 Å². The second-order valence-electron chi connectivity index (χ2n) is 7.98. The summed E-state index contributed by atoms with van der Waals surface area (Å²) in [6.07, 6.45) is -13.6. The zero-order valence-corrected chi connectivity index (χ0v) is 19.1. The maximum atomic E-state index is 14.0. The molecule has 5 atom stereocenters. The van der Waals surface area contributed by atoms with Crippen molar-refractivity contribution in [2.75, 3.05) is 20.7 Å². The number of alkyl halides is 3. The normalized spacial score (nSPS) is 24.2. The third kappa shape index (κ3) is 5.60. The minimum atomic E-state index is -4.94. The Kier molecular flexibility index (Phi) is 8.21. The Morgan fingerprint density at radius 3 is 2.00 bits per heavy atom. The lowest BCUT2D eigenvalue weighted by Gasteiger charge is -2.39. The van der Waals surface area contributed by atoms with Crippen molar-refractivity contribution in [2.45, 2.75) is 36.9 Å². The van der Waals surface area contributed by atoms with Crippen LogP contribution in [-0.2, 0) is 10.9 Å². The first-order valence-corrected chi connectivity index (χ1v) is 10.7. The van der Waals surface area contributed by atoms with E-state index in [2.05, 4.69) is 10.6 Å². The summed E-state index contributed by atoms with van der Waals surface area (Å²) in [5.74, 6) is -1.87. The molecule has 0 spiro atoms. The molecule has 2 amide bonds. The minimum absolute atomic E-state index is 0.000571. The summed E-state index contributed by atoms with van der Waals surface area (Å²) < 4.78 is 52.2. The van der Waals surface area contributed by atoms with Gasteiger partial charge < -0.3 is 40.5 Å². The van der Waals surface area contributed by atoms with Gasteiger partial charge in [-0.15, -0.1) is 0 Å². The first-order chi connectivity index (χ1) is 16.9. The fraction of sp³-hybridized carbons (Fsp3) is 0.391. The van der Waals surface area contributed by atoms with Crippen molar-refractivity contribution in [3.05, 3.63) is 53.1 Å². The molecule has 1 fully saturated rings. The lowest BCUT2D eigenvalue weighted by Crippen LogP contribution is -2.60. The van der Waals surface area contributed by atoms with Gasteiger partial charge in [0, 0.05) is 25.2 Å². The summed E-state index contributed by atoms with van der Waals surface area (Å²) in [7, 11) is 2.73. The number of aliphatic hydroxyl groups is 4. The Morgan fingerprint density at radius 2 is 1.50 bits per heavy atom. The van der Waals surface area contributed by atoms with Gasteiger partial charge in [-0.25, -0.2) is 0 Å². The number of benzene rings is 2. The largest absolute Gasteiger partial charge is 0.461 e. The van der Waals surface area contributed by atoms with Crippen LogP contribution in [0, 0.1) is 0 Å². The van der Waals surface area contributed by atoms with Gasteiger partial charge in [-0.2, -0.15) is 13.2 Å². The van der Waals surface area contributed by atoms with Crippen LogP contribution in [0.1, 0.15) is 26.3 Å². The number of hydrogen-bond donors (Lipinski definition) is 6. The number of halogens is 3. The lowest BCUT2D eigenvalue weighted by atomic mass is 9.97. The number of carbonyl (C=O) groups is 2. The monoisotopic (exact) mass is 514 g/mol. The molecule has 0 aromatic heterocycles. The molecule has 13 heteroatoms. The van der Waals surface area contributed by atoms with E-state index in [0.717, 1.165) is 12.1 Å². The molecule has 0 saturated carbocycles. The van der Waals surface area contributed by atoms with E-state index in [4.69, 9.17) is 9.47 Å². The van der Waals surface area contributed by atoms with Crippen molar-refractivity contribution in [3.8, 4) is 16.9 Å². The highest BCUT2D eigenvalue weighted by atomic mass is 19.4. The van der Waals surface area contributed by atoms with Gasteiger partial charge in [-0.05, 0) is 41.5 Å². The van der Waals surface area contributed by atoms with Crippen LogP contribution in [0.4, 0.5) is 13.2 Å². The zero-order valence-electron chi connectivity index (χ0n) is 19.1. The molecule has 1 aliphatic heterocycles. The summed E-state index contributed by atoms with van der Waals surface area (Å²) in [4.78, 5) is 24.3. The van der Waals surface area contributed by atoms with Gasteiger partial charge in [0.05, 0.1) is 12.2 Å². The fourth-order valence-corrected chi connectivity index (χ4v) is 3.67. The Bertz CT molecular complexity index is 1090. The highest BCUT2D eigenvalue weighted by molar-refractivity contribution is 6.01. The van der Waals surface area contributed by atoms with Crippen molar-refractivity contribution in [1.29, 1.82) is 0 Å². The van der Waals surface area contributed by atoms with E-state index in [1.54, 1.807) is 0 Å². The number of nitrogens with one attached hydrogen (secondary N) is 2. The second-order valence-corrected chi connectivity index (χ2v) is 7.98. The Balaban J connectivity index is 2.05. The molecular weight excluding hydrogens is 489 g/mol. The highest BCUT2D eigenvalue weighted by Crippen LogP contribution is 2.40. The van der Waals surface area contributed by atoms with E-state index >= 15 is 0 Å². The average Bonchev–Trinajstić information content (AvgIpc) is 2.87. The third-order valence-electron chi connectivity index (χ3n) is 5.62. The van der Waals surface area contributed by atoms with E-state index in [9.17, 15) is 43.2 Å². The lowest BCUT2D eigenvalue weighted by molar-refractivity contribution is -0.278. The predicted molar refractivity (Wildman–Crippen MR) is 118 cm³/mol. The molecule has 1 unspecified atom stereocenters. The van der Waals surface area contributed by atoms with Gasteiger partial charge in [0.25, 0.3) is 11.8 Å². The van der Waals surface area contributed by atoms with Crippen molar-refractivity contribution in [1.82, 2.24) is 10.6 Å². The number of hydrogen-bond acceptors (Lipinski definition) is 8. The van der Waals surface area contributed by atoms with Gasteiger partial charge in [-0.3, -0.25) is 9.59 Å². The van der Waals surface area contributed by atoms with Gasteiger partial charge in [0.2, 0.25) is 6.29 Å². The van der Waals surface area contributed by atoms with Gasteiger partial charge in [0.15, 0.2) is 0 Å². The molecule has 0 bridgehead atoms. The van der Waals surface area contributed by atoms with Crippen LogP contribution in [-0.4, -0.2) is 83.6 Å². The highest BCUT2D eigenvalue weighted by Gasteiger charge is 2.45. The Labute approximate surface area is 203 Å². The molecule has 1 heterocycles. The van der Waals surface area contributed by atoms with Gasteiger partial charge in [0.1, 0.15) is 30.2 Å². The Morgan fingerprint density at radius 1 is 0.917 bits per heavy atom. The Hall–Kier alpha value is -3.23. The van der Waals surface area contributed by atoms with Crippen LogP contribution in [0.15, 0.2) is 36.4 Å². The molecular formula is C23H25F3N2O8. The summed E-state index contributed by atoms with van der Waals surface area (Å²) >= 11 is 0. The van der Waals surface area contributed by atoms with Gasteiger partial charge in [-0.1, -0.05) is 6.07 Å². The van der Waals surface area contributed by atoms with E-state index in [1.165, 1.54) is 38.4 Å². The molecule has 2 aromatic carbocycles. The van der Waals surface area contributed by atoms with Gasteiger partial charge >= 0.3 is 6.18 Å². The van der Waals surface area contributed by atoms with Crippen LogP contribution in [0.2, 0.25) is 0 Å². The van der Waals surface area contributed by atoms with Crippen LogP contribution in [0.3, 0.4) is 0 Å². The van der Waals surface area contributed by atoms with E-state index < -0.39 is 66.6 Å². The topological polar surface area (TPSA) is 158 Å². The van der Waals surface area contributed by atoms with Crippen molar-refractivity contribution in [3.63, 3.8) is 0 Å². The quantitative estimate of drug-likeness (QED) is 0.321. The van der Waals surface area contributed by atoms with Crippen LogP contribution < -0.4 is 15.4 Å². The molecule has 36 heavy (non-hydrogen) atoms. The van der Waals surface area contributed by atoms with E-state index in [1.807, 2.05) is 0 Å². The molecule has 6 N–H and O–H groups in total. The second kappa shape index (κ2) is 10.8. The minimum Gasteiger partial charge on any atom is -0.461 e. The molecule has 0 aliphatic carbocycles. The maximum Gasteiger partial charge on any atom is 0.419 e. The molecule has 0 radical (unpaired) electrons. The predicted octanol–water partition coefficient (Wildman–Crippen LogP) is 0.270. The molecule has 1 saturated heterocycles.